The number of benzene rings is 2. The highest BCUT2D eigenvalue weighted by Gasteiger charge is 1.99. The molecule has 2 aromatic carbocycles. The summed E-state index contributed by atoms with van der Waals surface area (Å²) in [5.41, 5.74) is 1.84. The van der Waals surface area contributed by atoms with Crippen LogP contribution in [0.2, 0.25) is 0 Å². The van der Waals surface area contributed by atoms with Crippen molar-refractivity contribution in [2.24, 2.45) is 0 Å². The van der Waals surface area contributed by atoms with E-state index in [0.717, 1.165) is 17.0 Å². The molecule has 3 heteroatoms. The molecule has 0 saturated carbocycles. The van der Waals surface area contributed by atoms with Crippen molar-refractivity contribution < 1.29 is 9.84 Å². The minimum absolute atomic E-state index is 0.260. The zero-order chi connectivity index (χ0) is 12.1. The normalized spacial score (nSPS) is 9.94. The molecule has 2 rings (SSSR count). The van der Waals surface area contributed by atoms with Gasteiger partial charge in [-0.3, -0.25) is 0 Å². The van der Waals surface area contributed by atoms with E-state index >= 15 is 0 Å². The number of hydrogen-bond acceptors (Lipinski definition) is 3. The molecule has 2 aromatic rings. The van der Waals surface area contributed by atoms with E-state index in [1.807, 2.05) is 36.4 Å². The van der Waals surface area contributed by atoms with Crippen molar-refractivity contribution in [3.8, 4) is 11.5 Å². The summed E-state index contributed by atoms with van der Waals surface area (Å²) in [4.78, 5) is 0. The third kappa shape index (κ3) is 2.91. The Labute approximate surface area is 101 Å². The van der Waals surface area contributed by atoms with E-state index in [2.05, 4.69) is 5.32 Å². The summed E-state index contributed by atoms with van der Waals surface area (Å²) in [5.74, 6) is 1.09. The van der Waals surface area contributed by atoms with Crippen LogP contribution in [0.3, 0.4) is 0 Å². The Morgan fingerprint density at radius 1 is 1.12 bits per heavy atom. The number of anilines is 1. The number of nitrogens with one attached hydrogen (secondary N) is 1. The lowest BCUT2D eigenvalue weighted by Crippen LogP contribution is -1.99. The highest BCUT2D eigenvalue weighted by Crippen LogP contribution is 2.22. The Balaban J connectivity index is 2.05. The number of hydrogen-bond donors (Lipinski definition) is 2. The quantitative estimate of drug-likeness (QED) is 0.792. The summed E-state index contributed by atoms with van der Waals surface area (Å²) in [5, 5.41) is 12.8. The number of methoxy groups -OCH3 is 1. The zero-order valence-electron chi connectivity index (χ0n) is 9.68. The van der Waals surface area contributed by atoms with Crippen LogP contribution in [0.1, 0.15) is 5.56 Å². The average molecular weight is 229 g/mol. The first kappa shape index (κ1) is 11.3. The molecule has 0 aliphatic rings. The number of phenols is 1. The predicted molar refractivity (Wildman–Crippen MR) is 68.4 cm³/mol. The van der Waals surface area contributed by atoms with E-state index in [1.54, 1.807) is 19.2 Å². The van der Waals surface area contributed by atoms with E-state index in [1.165, 1.54) is 0 Å². The third-order valence-corrected chi connectivity index (χ3v) is 2.52. The van der Waals surface area contributed by atoms with Gasteiger partial charge in [0.25, 0.3) is 0 Å². The highest BCUT2D eigenvalue weighted by molar-refractivity contribution is 5.55. The number of para-hydroxylation sites is 2. The molecule has 0 aromatic heterocycles. The first-order valence-electron chi connectivity index (χ1n) is 5.44. The van der Waals surface area contributed by atoms with Crippen LogP contribution in [-0.2, 0) is 6.54 Å². The lowest BCUT2D eigenvalue weighted by molar-refractivity contribution is 0.414. The van der Waals surface area contributed by atoms with Crippen LogP contribution in [0.25, 0.3) is 0 Å². The topological polar surface area (TPSA) is 41.5 Å². The molecular formula is C14H15NO2. The predicted octanol–water partition coefficient (Wildman–Crippen LogP) is 3.01. The van der Waals surface area contributed by atoms with Gasteiger partial charge in [0.2, 0.25) is 0 Å². The SMILES string of the molecule is COc1cccc(CNc2ccccc2O)c1. The first-order chi connectivity index (χ1) is 8.29. The zero-order valence-corrected chi connectivity index (χ0v) is 9.68. The van der Waals surface area contributed by atoms with E-state index in [4.69, 9.17) is 4.74 Å². The van der Waals surface area contributed by atoms with Gasteiger partial charge >= 0.3 is 0 Å². The average Bonchev–Trinajstić information content (AvgIpc) is 2.38. The molecule has 0 aliphatic carbocycles. The lowest BCUT2D eigenvalue weighted by atomic mass is 10.2. The number of aromatic hydroxyl groups is 1. The molecule has 0 atom stereocenters. The minimum atomic E-state index is 0.260. The standard InChI is InChI=1S/C14H15NO2/c1-17-12-6-4-5-11(9-12)10-15-13-7-2-3-8-14(13)16/h2-9,15-16H,10H2,1H3. The second-order valence-corrected chi connectivity index (χ2v) is 3.72. The minimum Gasteiger partial charge on any atom is -0.506 e. The van der Waals surface area contributed by atoms with Crippen LogP contribution in [-0.4, -0.2) is 12.2 Å². The lowest BCUT2D eigenvalue weighted by Gasteiger charge is -2.09. The molecule has 0 heterocycles. The van der Waals surface area contributed by atoms with Gasteiger partial charge in [-0.2, -0.15) is 0 Å². The maximum Gasteiger partial charge on any atom is 0.138 e. The van der Waals surface area contributed by atoms with E-state index < -0.39 is 0 Å². The van der Waals surface area contributed by atoms with Gasteiger partial charge in [-0.15, -0.1) is 0 Å². The van der Waals surface area contributed by atoms with Gasteiger partial charge in [-0.05, 0) is 29.8 Å². The van der Waals surface area contributed by atoms with Crippen molar-refractivity contribution in [2.45, 2.75) is 6.54 Å². The fraction of sp³-hybridized carbons (Fsp3) is 0.143. The maximum atomic E-state index is 9.60. The number of ether oxygens (including phenoxy) is 1. The largest absolute Gasteiger partial charge is 0.506 e. The maximum absolute atomic E-state index is 9.60. The van der Waals surface area contributed by atoms with Gasteiger partial charge in [-0.1, -0.05) is 24.3 Å². The van der Waals surface area contributed by atoms with Crippen LogP contribution in [0.15, 0.2) is 48.5 Å². The number of rotatable bonds is 4. The third-order valence-electron chi connectivity index (χ3n) is 2.52. The van der Waals surface area contributed by atoms with Gasteiger partial charge in [0, 0.05) is 6.54 Å². The van der Waals surface area contributed by atoms with Crippen LogP contribution >= 0.6 is 0 Å². The summed E-state index contributed by atoms with van der Waals surface area (Å²) in [7, 11) is 1.65. The van der Waals surface area contributed by atoms with E-state index in [9.17, 15) is 5.11 Å². The summed E-state index contributed by atoms with van der Waals surface area (Å²) in [6.45, 7) is 0.648. The molecule has 3 nitrogen and oxygen atoms in total. The molecule has 0 bridgehead atoms. The molecule has 88 valence electrons. The Bertz CT molecular complexity index is 497. The molecule has 2 N–H and O–H groups in total. The fourth-order valence-corrected chi connectivity index (χ4v) is 1.60. The summed E-state index contributed by atoms with van der Waals surface area (Å²) < 4.78 is 5.15. The monoisotopic (exact) mass is 229 g/mol. The smallest absolute Gasteiger partial charge is 0.138 e. The Hall–Kier alpha value is -2.16. The summed E-state index contributed by atoms with van der Waals surface area (Å²) in [6.07, 6.45) is 0. The molecule has 0 radical (unpaired) electrons. The van der Waals surface area contributed by atoms with Crippen molar-refractivity contribution in [1.29, 1.82) is 0 Å². The van der Waals surface area contributed by atoms with Gasteiger partial charge in [0.15, 0.2) is 0 Å². The van der Waals surface area contributed by atoms with Crippen LogP contribution in [0, 0.1) is 0 Å². The van der Waals surface area contributed by atoms with Crippen molar-refractivity contribution in [1.82, 2.24) is 0 Å². The molecule has 0 unspecified atom stereocenters. The van der Waals surface area contributed by atoms with Crippen LogP contribution in [0.5, 0.6) is 11.5 Å². The second kappa shape index (κ2) is 5.25. The fourth-order valence-electron chi connectivity index (χ4n) is 1.60. The van der Waals surface area contributed by atoms with Crippen LogP contribution < -0.4 is 10.1 Å². The molecule has 0 fully saturated rings. The van der Waals surface area contributed by atoms with Gasteiger partial charge < -0.3 is 15.2 Å². The van der Waals surface area contributed by atoms with Gasteiger partial charge in [-0.25, -0.2) is 0 Å². The van der Waals surface area contributed by atoms with E-state index in [0.29, 0.717) is 6.54 Å². The molecule has 0 spiro atoms. The first-order valence-corrected chi connectivity index (χ1v) is 5.44. The van der Waals surface area contributed by atoms with Crippen molar-refractivity contribution in [3.05, 3.63) is 54.1 Å². The molecule has 0 aliphatic heterocycles. The van der Waals surface area contributed by atoms with E-state index in [-0.39, 0.29) is 5.75 Å². The summed E-state index contributed by atoms with van der Waals surface area (Å²) in [6, 6.07) is 15.0. The van der Waals surface area contributed by atoms with Crippen molar-refractivity contribution in [2.75, 3.05) is 12.4 Å². The number of phenolic OH excluding ortho intramolecular Hbond substituents is 1. The summed E-state index contributed by atoms with van der Waals surface area (Å²) >= 11 is 0. The Morgan fingerprint density at radius 2 is 1.94 bits per heavy atom. The van der Waals surface area contributed by atoms with Crippen molar-refractivity contribution >= 4 is 5.69 Å². The van der Waals surface area contributed by atoms with Gasteiger partial charge in [0.1, 0.15) is 11.5 Å². The molecule has 0 saturated heterocycles. The van der Waals surface area contributed by atoms with Gasteiger partial charge in [0.05, 0.1) is 12.8 Å². The molecule has 17 heavy (non-hydrogen) atoms. The Kier molecular flexibility index (Phi) is 3.50. The van der Waals surface area contributed by atoms with Crippen molar-refractivity contribution in [3.63, 3.8) is 0 Å². The Morgan fingerprint density at radius 3 is 2.71 bits per heavy atom. The second-order valence-electron chi connectivity index (χ2n) is 3.72. The highest BCUT2D eigenvalue weighted by atomic mass is 16.5. The molecule has 0 amide bonds. The van der Waals surface area contributed by atoms with Crippen LogP contribution in [0.4, 0.5) is 5.69 Å². The molecular weight excluding hydrogens is 214 g/mol.